The van der Waals surface area contributed by atoms with E-state index in [1.165, 1.54) is 0 Å². The van der Waals surface area contributed by atoms with Crippen LogP contribution < -0.4 is 53.9 Å². The summed E-state index contributed by atoms with van der Waals surface area (Å²) in [6.45, 7) is 0. The molecule has 0 atom stereocenters. The largest absolute Gasteiger partial charge is 3.00 e. The Morgan fingerprint density at radius 1 is 0.388 bits per heavy atom. The Morgan fingerprint density at radius 3 is 0.694 bits per heavy atom. The second kappa shape index (κ2) is 23.0. The number of halogens is 12. The number of hydrogen-bond donors (Lipinski definition) is 0. The van der Waals surface area contributed by atoms with Crippen molar-refractivity contribution in [3.63, 3.8) is 0 Å². The molecule has 15 nitrogen and oxygen atoms in total. The maximum absolute atomic E-state index is 10.7. The SMILES string of the molecule is O=C([O-])c1cc(OCl)c(OCl)c(OCl)c1Cl.O=C([O-])c1cc(OCl)c(OCl)c(OCl)c1Cl.O=C([O-])c1cc(OCl)c(OCl)c(OCl)c1Cl.[Ga+3]. The van der Waals surface area contributed by atoms with Crippen molar-refractivity contribution >= 4 is 179 Å². The first-order valence-electron chi connectivity index (χ1n) is 10.5. The zero-order valence-electron chi connectivity index (χ0n) is 22.0. The number of hydrogen-bond acceptors (Lipinski definition) is 15. The zero-order chi connectivity index (χ0) is 36.9. The molecule has 264 valence electrons. The fraction of sp³-hybridized carbons (Fsp3) is 0. The van der Waals surface area contributed by atoms with Gasteiger partial charge in [-0.1, -0.05) is 34.8 Å². The number of benzene rings is 3. The van der Waals surface area contributed by atoms with E-state index in [4.69, 9.17) is 142 Å². The molecule has 0 heterocycles. The van der Waals surface area contributed by atoms with Crippen LogP contribution in [0, 0.1) is 0 Å². The van der Waals surface area contributed by atoms with Gasteiger partial charge in [0.05, 0.1) is 33.0 Å². The van der Waals surface area contributed by atoms with Crippen molar-refractivity contribution in [1.82, 2.24) is 0 Å². The van der Waals surface area contributed by atoms with E-state index in [-0.39, 0.29) is 86.6 Å². The van der Waals surface area contributed by atoms with Gasteiger partial charge in [-0.3, -0.25) is 0 Å². The number of rotatable bonds is 12. The quantitative estimate of drug-likeness (QED) is 0.177. The molecule has 28 heteroatoms. The van der Waals surface area contributed by atoms with Crippen LogP contribution in [0.15, 0.2) is 18.2 Å². The average molecular weight is 990 g/mol. The summed E-state index contributed by atoms with van der Waals surface area (Å²) >= 11 is 62.7. The third kappa shape index (κ3) is 11.7. The summed E-state index contributed by atoms with van der Waals surface area (Å²) in [6, 6.07) is 2.84. The monoisotopic (exact) mass is 983 g/mol. The van der Waals surface area contributed by atoms with Gasteiger partial charge in [-0.05, 0) is 18.2 Å². The van der Waals surface area contributed by atoms with Gasteiger partial charge in [-0.15, -0.1) is 0 Å². The molecular weight excluding hydrogens is 987 g/mol. The van der Waals surface area contributed by atoms with Crippen molar-refractivity contribution in [2.24, 2.45) is 0 Å². The predicted octanol–water partition coefficient (Wildman–Crippen LogP) is 6.52. The normalized spacial score (nSPS) is 9.55. The van der Waals surface area contributed by atoms with E-state index < -0.39 is 34.6 Å². The third-order valence-corrected chi connectivity index (χ3v) is 7.35. The maximum Gasteiger partial charge on any atom is 3.00 e. The van der Waals surface area contributed by atoms with E-state index in [0.717, 1.165) is 18.2 Å². The molecule has 3 aromatic rings. The summed E-state index contributed by atoms with van der Waals surface area (Å²) in [5.74, 6) is -7.28. The Balaban J connectivity index is 0.000000698. The smallest absolute Gasteiger partial charge is 0.545 e. The van der Waals surface area contributed by atoms with E-state index in [2.05, 4.69) is 38.6 Å². The fourth-order valence-electron chi connectivity index (χ4n) is 2.83. The van der Waals surface area contributed by atoms with Gasteiger partial charge in [0.1, 0.15) is 107 Å². The molecule has 49 heavy (non-hydrogen) atoms. The van der Waals surface area contributed by atoms with E-state index in [1.807, 2.05) is 0 Å². The summed E-state index contributed by atoms with van der Waals surface area (Å²) in [5, 5.41) is 31.0. The third-order valence-electron chi connectivity index (χ3n) is 4.80. The summed E-state index contributed by atoms with van der Waals surface area (Å²) in [5.41, 5.74) is -1.32. The molecule has 0 aromatic heterocycles. The number of carboxylic acids is 3. The van der Waals surface area contributed by atoms with Gasteiger partial charge < -0.3 is 68.3 Å². The second-order valence-electron chi connectivity index (χ2n) is 7.24. The first-order valence-corrected chi connectivity index (χ1v) is 14.4. The summed E-state index contributed by atoms with van der Waals surface area (Å²) < 4.78 is 38.8. The summed E-state index contributed by atoms with van der Waals surface area (Å²) in [6.07, 6.45) is 0. The second-order valence-corrected chi connectivity index (χ2v) is 9.76. The minimum absolute atomic E-state index is 0. The number of carbonyl (C=O) groups is 3. The van der Waals surface area contributed by atoms with Crippen molar-refractivity contribution in [3.05, 3.63) is 50.0 Å². The van der Waals surface area contributed by atoms with Gasteiger partial charge in [0.25, 0.3) is 0 Å². The average Bonchev–Trinajstić information content (AvgIpc) is 3.07. The number of carboxylic acid groups (broad SMARTS) is 3. The van der Waals surface area contributed by atoms with Gasteiger partial charge in [0.2, 0.25) is 34.5 Å². The summed E-state index contributed by atoms with van der Waals surface area (Å²) in [4.78, 5) is 32.1. The van der Waals surface area contributed by atoms with Crippen LogP contribution in [0.25, 0.3) is 0 Å². The molecule has 3 aromatic carbocycles. The van der Waals surface area contributed by atoms with Crippen molar-refractivity contribution in [2.45, 2.75) is 0 Å². The molecule has 0 aliphatic rings. The molecule has 0 radical (unpaired) electrons. The standard InChI is InChI=1S/3C7H2Cl4O5.Ga/c3*8-4-2(7(12)13)1-3(14-9)5(15-10)6(4)16-11;/h3*1H,(H,12,13);/q;;;+3/p-3. The topological polar surface area (TPSA) is 203 Å². The Kier molecular flexibility index (Phi) is 22.3. The van der Waals surface area contributed by atoms with Gasteiger partial charge in [-0.25, -0.2) is 0 Å². The molecule has 0 aliphatic heterocycles. The molecule has 3 rings (SSSR count). The van der Waals surface area contributed by atoms with Gasteiger partial charge >= 0.3 is 19.8 Å². The first-order chi connectivity index (χ1) is 22.7. The Bertz CT molecular complexity index is 1460. The van der Waals surface area contributed by atoms with Crippen LogP contribution in [-0.2, 0) is 0 Å². The van der Waals surface area contributed by atoms with Gasteiger partial charge in [0, 0.05) is 16.7 Å². The Labute approximate surface area is 346 Å². The Hall–Kier alpha value is -1.61. The molecular formula is C21H3Cl12GaO15. The van der Waals surface area contributed by atoms with Crippen LogP contribution in [-0.4, -0.2) is 37.7 Å². The first kappa shape index (κ1) is 47.4. The number of carbonyl (C=O) groups excluding carboxylic acids is 3. The van der Waals surface area contributed by atoms with Crippen molar-refractivity contribution in [2.75, 3.05) is 0 Å². The molecule has 0 fully saturated rings. The van der Waals surface area contributed by atoms with Crippen molar-refractivity contribution in [1.29, 1.82) is 0 Å². The maximum atomic E-state index is 10.7. The molecule has 0 spiro atoms. The molecule has 0 N–H and O–H groups in total. The van der Waals surface area contributed by atoms with Gasteiger partial charge in [-0.2, -0.15) is 0 Å². The summed E-state index contributed by atoms with van der Waals surface area (Å²) in [7, 11) is 0. The minimum Gasteiger partial charge on any atom is -0.545 e. The van der Waals surface area contributed by atoms with E-state index in [9.17, 15) is 29.7 Å². The zero-order valence-corrected chi connectivity index (χ0v) is 33.5. The minimum atomic E-state index is -1.57. The van der Waals surface area contributed by atoms with E-state index >= 15 is 0 Å². The van der Waals surface area contributed by atoms with Crippen LogP contribution in [0.3, 0.4) is 0 Å². The Morgan fingerprint density at radius 2 is 0.571 bits per heavy atom. The van der Waals surface area contributed by atoms with Crippen LogP contribution in [0.5, 0.6) is 51.7 Å². The van der Waals surface area contributed by atoms with Crippen LogP contribution >= 0.6 is 142 Å². The van der Waals surface area contributed by atoms with E-state index in [1.54, 1.807) is 0 Å². The molecule has 0 unspecified atom stereocenters. The van der Waals surface area contributed by atoms with Crippen LogP contribution in [0.4, 0.5) is 0 Å². The molecule has 0 saturated carbocycles. The predicted molar refractivity (Wildman–Crippen MR) is 171 cm³/mol. The molecule has 0 aliphatic carbocycles. The molecule has 0 saturated heterocycles. The van der Waals surface area contributed by atoms with Crippen molar-refractivity contribution in [3.8, 4) is 51.7 Å². The van der Waals surface area contributed by atoms with Crippen molar-refractivity contribution < 1.29 is 68.3 Å². The van der Waals surface area contributed by atoms with Gasteiger partial charge in [0.15, 0.2) is 17.2 Å². The van der Waals surface area contributed by atoms with Crippen LogP contribution in [0.2, 0.25) is 15.1 Å². The van der Waals surface area contributed by atoms with E-state index in [0.29, 0.717) is 0 Å². The molecule has 0 bridgehead atoms. The number of aromatic carboxylic acids is 3. The molecule has 0 amide bonds. The fourth-order valence-corrected chi connectivity index (χ4v) is 4.94. The van der Waals surface area contributed by atoms with Crippen LogP contribution in [0.1, 0.15) is 31.1 Å².